The van der Waals surface area contributed by atoms with Crippen molar-refractivity contribution >= 4 is 0 Å². The Morgan fingerprint density at radius 3 is 3.00 bits per heavy atom. The molecule has 6 heteroatoms. The molecule has 0 aliphatic rings. The van der Waals surface area contributed by atoms with Crippen LogP contribution in [-0.2, 0) is 13.0 Å². The molecule has 0 radical (unpaired) electrons. The van der Waals surface area contributed by atoms with Gasteiger partial charge in [0.1, 0.15) is 0 Å². The maximum atomic E-state index is 9.06. The first-order valence-electron chi connectivity index (χ1n) is 6.07. The highest BCUT2D eigenvalue weighted by Gasteiger charge is 2.10. The van der Waals surface area contributed by atoms with Crippen molar-refractivity contribution in [2.75, 3.05) is 6.61 Å². The van der Waals surface area contributed by atoms with Crippen molar-refractivity contribution in [3.8, 4) is 0 Å². The minimum Gasteiger partial charge on any atom is -0.394 e. The molecule has 0 fully saturated rings. The van der Waals surface area contributed by atoms with Crippen LogP contribution in [-0.4, -0.2) is 31.5 Å². The summed E-state index contributed by atoms with van der Waals surface area (Å²) in [4.78, 5) is 4.08. The largest absolute Gasteiger partial charge is 0.394 e. The van der Waals surface area contributed by atoms with Gasteiger partial charge in [-0.2, -0.15) is 5.10 Å². The predicted molar refractivity (Wildman–Crippen MR) is 67.9 cm³/mol. The molecule has 0 saturated carbocycles. The van der Waals surface area contributed by atoms with Crippen LogP contribution < -0.4 is 5.73 Å². The van der Waals surface area contributed by atoms with Crippen molar-refractivity contribution in [3.63, 3.8) is 0 Å². The Hall–Kier alpha value is -1.66. The number of imidazole rings is 1. The lowest BCUT2D eigenvalue weighted by Gasteiger charge is -2.12. The average Bonchev–Trinajstić information content (AvgIpc) is 2.98. The molecule has 0 saturated heterocycles. The zero-order chi connectivity index (χ0) is 13.0. The van der Waals surface area contributed by atoms with Crippen molar-refractivity contribution in [1.82, 2.24) is 19.7 Å². The summed E-state index contributed by atoms with van der Waals surface area (Å²) in [5, 5.41) is 16.0. The van der Waals surface area contributed by atoms with Crippen LogP contribution in [0.25, 0.3) is 0 Å². The number of nitrogens with zero attached hydrogens (tertiary/aromatic N) is 3. The van der Waals surface area contributed by atoms with Crippen molar-refractivity contribution < 1.29 is 5.11 Å². The molecule has 0 spiro atoms. The summed E-state index contributed by atoms with van der Waals surface area (Å²) in [7, 11) is 0. The Balaban J connectivity index is 1.91. The quantitative estimate of drug-likeness (QED) is 0.696. The zero-order valence-electron chi connectivity index (χ0n) is 10.5. The standard InChI is InChI=1S/C12H19N5O/c1-9-10(5-15-16-9)3-2-4-17-8-14-6-12(17)11(13)7-18/h5-6,8,11,18H,2-4,7,13H2,1H3,(H,15,16). The van der Waals surface area contributed by atoms with E-state index in [-0.39, 0.29) is 12.6 Å². The number of rotatable bonds is 6. The van der Waals surface area contributed by atoms with Gasteiger partial charge in [0.15, 0.2) is 0 Å². The fourth-order valence-corrected chi connectivity index (χ4v) is 1.99. The topological polar surface area (TPSA) is 92.8 Å². The van der Waals surface area contributed by atoms with Crippen molar-refractivity contribution in [2.24, 2.45) is 5.73 Å². The number of nitrogens with two attached hydrogens (primary N) is 1. The van der Waals surface area contributed by atoms with Gasteiger partial charge in [-0.05, 0) is 25.3 Å². The van der Waals surface area contributed by atoms with E-state index < -0.39 is 0 Å². The van der Waals surface area contributed by atoms with Gasteiger partial charge in [0.2, 0.25) is 0 Å². The Labute approximate surface area is 106 Å². The fraction of sp³-hybridized carbons (Fsp3) is 0.500. The molecule has 1 unspecified atom stereocenters. The molecule has 6 nitrogen and oxygen atoms in total. The van der Waals surface area contributed by atoms with Crippen molar-refractivity contribution in [2.45, 2.75) is 32.4 Å². The van der Waals surface area contributed by atoms with E-state index >= 15 is 0 Å². The molecule has 1 atom stereocenters. The van der Waals surface area contributed by atoms with Gasteiger partial charge in [0, 0.05) is 18.4 Å². The number of hydrogen-bond acceptors (Lipinski definition) is 4. The van der Waals surface area contributed by atoms with E-state index in [2.05, 4.69) is 15.2 Å². The lowest BCUT2D eigenvalue weighted by atomic mass is 10.1. The molecule has 0 aromatic carbocycles. The zero-order valence-corrected chi connectivity index (χ0v) is 10.5. The number of aryl methyl sites for hydroxylation is 3. The first-order chi connectivity index (χ1) is 8.72. The van der Waals surface area contributed by atoms with E-state index in [0.29, 0.717) is 0 Å². The second-order valence-corrected chi connectivity index (χ2v) is 4.42. The van der Waals surface area contributed by atoms with E-state index in [4.69, 9.17) is 10.8 Å². The van der Waals surface area contributed by atoms with Gasteiger partial charge >= 0.3 is 0 Å². The van der Waals surface area contributed by atoms with Crippen LogP contribution in [0.4, 0.5) is 0 Å². The summed E-state index contributed by atoms with van der Waals surface area (Å²) in [6.07, 6.45) is 7.29. The second kappa shape index (κ2) is 5.79. The Kier molecular flexibility index (Phi) is 4.11. The van der Waals surface area contributed by atoms with Gasteiger partial charge in [0.05, 0.1) is 30.9 Å². The summed E-state index contributed by atoms with van der Waals surface area (Å²) >= 11 is 0. The highest BCUT2D eigenvalue weighted by atomic mass is 16.3. The van der Waals surface area contributed by atoms with Gasteiger partial charge in [-0.3, -0.25) is 5.10 Å². The molecule has 2 aromatic rings. The maximum Gasteiger partial charge on any atom is 0.0948 e. The molecule has 0 bridgehead atoms. The predicted octanol–water partition coefficient (Wildman–Crippen LogP) is 0.540. The van der Waals surface area contributed by atoms with Crippen molar-refractivity contribution in [3.05, 3.63) is 35.7 Å². The number of aliphatic hydroxyl groups excluding tert-OH is 1. The third kappa shape index (κ3) is 2.77. The fourth-order valence-electron chi connectivity index (χ4n) is 1.99. The van der Waals surface area contributed by atoms with Gasteiger partial charge in [-0.15, -0.1) is 0 Å². The molecule has 0 aliphatic heterocycles. The molecular weight excluding hydrogens is 230 g/mol. The summed E-state index contributed by atoms with van der Waals surface area (Å²) < 4.78 is 2.00. The maximum absolute atomic E-state index is 9.06. The minimum absolute atomic E-state index is 0.0630. The Morgan fingerprint density at radius 1 is 1.50 bits per heavy atom. The van der Waals surface area contributed by atoms with Crippen LogP contribution in [0.1, 0.15) is 29.4 Å². The molecule has 0 aliphatic carbocycles. The molecule has 98 valence electrons. The van der Waals surface area contributed by atoms with Crippen LogP contribution in [0.2, 0.25) is 0 Å². The number of H-pyrrole nitrogens is 1. The van der Waals surface area contributed by atoms with Gasteiger partial charge in [-0.1, -0.05) is 0 Å². The monoisotopic (exact) mass is 249 g/mol. The number of aromatic nitrogens is 4. The minimum atomic E-state index is -0.358. The van der Waals surface area contributed by atoms with E-state index in [0.717, 1.165) is 30.8 Å². The highest BCUT2D eigenvalue weighted by molar-refractivity contribution is 5.14. The summed E-state index contributed by atoms with van der Waals surface area (Å²) in [6, 6.07) is -0.358. The average molecular weight is 249 g/mol. The first-order valence-corrected chi connectivity index (χ1v) is 6.07. The number of hydrogen-bond donors (Lipinski definition) is 3. The van der Waals surface area contributed by atoms with Gasteiger partial charge < -0.3 is 15.4 Å². The van der Waals surface area contributed by atoms with Crippen LogP contribution in [0.3, 0.4) is 0 Å². The third-order valence-electron chi connectivity index (χ3n) is 3.10. The molecule has 2 heterocycles. The summed E-state index contributed by atoms with van der Waals surface area (Å²) in [5.41, 5.74) is 9.04. The summed E-state index contributed by atoms with van der Waals surface area (Å²) in [5.74, 6) is 0. The lowest BCUT2D eigenvalue weighted by Crippen LogP contribution is -2.18. The van der Waals surface area contributed by atoms with Crippen molar-refractivity contribution in [1.29, 1.82) is 0 Å². The molecule has 2 aromatic heterocycles. The Bertz CT molecular complexity index is 490. The first kappa shape index (κ1) is 12.8. The molecule has 18 heavy (non-hydrogen) atoms. The van der Waals surface area contributed by atoms with Crippen LogP contribution in [0.5, 0.6) is 0 Å². The van der Waals surface area contributed by atoms with E-state index in [1.54, 1.807) is 12.5 Å². The van der Waals surface area contributed by atoms with E-state index in [9.17, 15) is 0 Å². The smallest absolute Gasteiger partial charge is 0.0948 e. The molecular formula is C12H19N5O. The normalized spacial score (nSPS) is 12.8. The summed E-state index contributed by atoms with van der Waals surface area (Å²) in [6.45, 7) is 2.80. The van der Waals surface area contributed by atoms with Gasteiger partial charge in [0.25, 0.3) is 0 Å². The molecule has 4 N–H and O–H groups in total. The third-order valence-corrected chi connectivity index (χ3v) is 3.10. The van der Waals surface area contributed by atoms with Crippen LogP contribution >= 0.6 is 0 Å². The number of aromatic amines is 1. The Morgan fingerprint density at radius 2 is 2.33 bits per heavy atom. The molecule has 2 rings (SSSR count). The van der Waals surface area contributed by atoms with Crippen LogP contribution in [0, 0.1) is 6.92 Å². The SMILES string of the molecule is Cc1[nH]ncc1CCCn1cncc1C(N)CO. The molecule has 0 amide bonds. The van der Waals surface area contributed by atoms with Gasteiger partial charge in [-0.25, -0.2) is 4.98 Å². The van der Waals surface area contributed by atoms with Crippen LogP contribution in [0.15, 0.2) is 18.7 Å². The highest BCUT2D eigenvalue weighted by Crippen LogP contribution is 2.11. The number of nitrogens with one attached hydrogen (secondary N) is 1. The van der Waals surface area contributed by atoms with E-state index in [1.165, 1.54) is 5.56 Å². The second-order valence-electron chi connectivity index (χ2n) is 4.42. The lowest BCUT2D eigenvalue weighted by molar-refractivity contribution is 0.263. The number of aliphatic hydroxyl groups is 1. The van der Waals surface area contributed by atoms with E-state index in [1.807, 2.05) is 17.7 Å².